The van der Waals surface area contributed by atoms with Gasteiger partial charge in [-0.15, -0.1) is 24.0 Å². The van der Waals surface area contributed by atoms with Crippen LogP contribution in [0.5, 0.6) is 0 Å². The predicted molar refractivity (Wildman–Crippen MR) is 123 cm³/mol. The van der Waals surface area contributed by atoms with Gasteiger partial charge in [0.2, 0.25) is 5.91 Å². The number of amides is 1. The normalized spacial score (nSPS) is 10.7. The Balaban J connectivity index is 0.00000364. The molecule has 0 bridgehead atoms. The van der Waals surface area contributed by atoms with Crippen LogP contribution in [0, 0.1) is 0 Å². The average Bonchev–Trinajstić information content (AvgIpc) is 2.66. The van der Waals surface area contributed by atoms with E-state index in [9.17, 15) is 4.79 Å². The monoisotopic (exact) mass is 500 g/mol. The van der Waals surface area contributed by atoms with Crippen LogP contribution in [0.25, 0.3) is 0 Å². The Kier molecular flexibility index (Phi) is 11.5. The van der Waals surface area contributed by atoms with E-state index in [2.05, 4.69) is 20.9 Å². The summed E-state index contributed by atoms with van der Waals surface area (Å²) >= 11 is 6.15. The SMILES string of the molecule is CCNC(=NCc1ccccc1Cl)NCCC(=O)NCc1ccccc1.I. The van der Waals surface area contributed by atoms with Crippen molar-refractivity contribution >= 4 is 47.4 Å². The van der Waals surface area contributed by atoms with Crippen molar-refractivity contribution in [2.45, 2.75) is 26.4 Å². The van der Waals surface area contributed by atoms with E-state index in [1.807, 2.05) is 61.5 Å². The molecule has 0 fully saturated rings. The van der Waals surface area contributed by atoms with Gasteiger partial charge in [-0.2, -0.15) is 0 Å². The number of nitrogens with one attached hydrogen (secondary N) is 3. The smallest absolute Gasteiger partial charge is 0.222 e. The molecule has 7 heteroatoms. The number of aliphatic imine (C=N–C) groups is 1. The van der Waals surface area contributed by atoms with E-state index in [4.69, 9.17) is 11.6 Å². The van der Waals surface area contributed by atoms with Gasteiger partial charge in [-0.25, -0.2) is 4.99 Å². The molecule has 0 aromatic heterocycles. The van der Waals surface area contributed by atoms with Crippen LogP contribution in [0.4, 0.5) is 0 Å². The standard InChI is InChI=1S/C20H25ClN4O.HI/c1-2-22-20(25-15-17-10-6-7-11-18(17)21)23-13-12-19(26)24-14-16-8-4-3-5-9-16;/h3-11H,2,12-15H2,1H3,(H,24,26)(H2,22,23,25);1H. The van der Waals surface area contributed by atoms with Gasteiger partial charge < -0.3 is 16.0 Å². The van der Waals surface area contributed by atoms with E-state index in [0.717, 1.165) is 17.7 Å². The lowest BCUT2D eigenvalue weighted by Crippen LogP contribution is -2.39. The fourth-order valence-corrected chi connectivity index (χ4v) is 2.51. The molecule has 3 N–H and O–H groups in total. The van der Waals surface area contributed by atoms with Crippen molar-refractivity contribution in [1.29, 1.82) is 0 Å². The van der Waals surface area contributed by atoms with Gasteiger partial charge in [-0.05, 0) is 24.1 Å². The number of nitrogens with zero attached hydrogens (tertiary/aromatic N) is 1. The zero-order chi connectivity index (χ0) is 18.6. The minimum atomic E-state index is 0. The molecule has 0 aliphatic carbocycles. The van der Waals surface area contributed by atoms with E-state index in [1.165, 1.54) is 0 Å². The molecule has 146 valence electrons. The molecule has 0 unspecified atom stereocenters. The summed E-state index contributed by atoms with van der Waals surface area (Å²) in [5.74, 6) is 0.673. The first-order chi connectivity index (χ1) is 12.7. The topological polar surface area (TPSA) is 65.5 Å². The highest BCUT2D eigenvalue weighted by molar-refractivity contribution is 14.0. The summed E-state index contributed by atoms with van der Waals surface area (Å²) < 4.78 is 0. The van der Waals surface area contributed by atoms with Crippen molar-refractivity contribution < 1.29 is 4.79 Å². The fourth-order valence-electron chi connectivity index (χ4n) is 2.31. The summed E-state index contributed by atoms with van der Waals surface area (Å²) in [6, 6.07) is 17.5. The molecule has 0 aliphatic heterocycles. The minimum absolute atomic E-state index is 0. The Hall–Kier alpha value is -1.80. The Morgan fingerprint density at radius 1 is 1.00 bits per heavy atom. The summed E-state index contributed by atoms with van der Waals surface area (Å²) in [6.07, 6.45) is 0.378. The Labute approximate surface area is 183 Å². The lowest BCUT2D eigenvalue weighted by atomic mass is 10.2. The van der Waals surface area contributed by atoms with Crippen LogP contribution in [0.15, 0.2) is 59.6 Å². The second-order valence-corrected chi connectivity index (χ2v) is 6.13. The number of halogens is 2. The first-order valence-corrected chi connectivity index (χ1v) is 9.13. The zero-order valence-electron chi connectivity index (χ0n) is 15.4. The van der Waals surface area contributed by atoms with Crippen LogP contribution in [0.3, 0.4) is 0 Å². The van der Waals surface area contributed by atoms with Crippen LogP contribution < -0.4 is 16.0 Å². The molecule has 1 amide bonds. The molecule has 2 aromatic carbocycles. The number of guanidine groups is 1. The van der Waals surface area contributed by atoms with Gasteiger partial charge in [0.15, 0.2) is 5.96 Å². The number of rotatable bonds is 8. The van der Waals surface area contributed by atoms with Crippen LogP contribution >= 0.6 is 35.6 Å². The number of carbonyl (C=O) groups excluding carboxylic acids is 1. The van der Waals surface area contributed by atoms with Crippen LogP contribution in [0.1, 0.15) is 24.5 Å². The van der Waals surface area contributed by atoms with Gasteiger partial charge in [0.1, 0.15) is 0 Å². The second kappa shape index (κ2) is 13.4. The molecule has 0 spiro atoms. The first-order valence-electron chi connectivity index (χ1n) is 8.75. The predicted octanol–water partition coefficient (Wildman–Crippen LogP) is 3.72. The molecule has 0 atom stereocenters. The summed E-state index contributed by atoms with van der Waals surface area (Å²) in [4.78, 5) is 16.5. The third-order valence-electron chi connectivity index (χ3n) is 3.69. The van der Waals surface area contributed by atoms with Crippen LogP contribution in [-0.2, 0) is 17.9 Å². The quantitative estimate of drug-likeness (QED) is 0.294. The van der Waals surface area contributed by atoms with Crippen molar-refractivity contribution in [3.8, 4) is 0 Å². The number of hydrogen-bond acceptors (Lipinski definition) is 2. The van der Waals surface area contributed by atoms with Gasteiger partial charge in [-0.1, -0.05) is 60.1 Å². The lowest BCUT2D eigenvalue weighted by molar-refractivity contribution is -0.121. The Morgan fingerprint density at radius 2 is 1.70 bits per heavy atom. The van der Waals surface area contributed by atoms with Crippen LogP contribution in [-0.4, -0.2) is 25.0 Å². The van der Waals surface area contributed by atoms with Gasteiger partial charge in [0.05, 0.1) is 6.54 Å². The molecule has 0 heterocycles. The van der Waals surface area contributed by atoms with Gasteiger partial charge >= 0.3 is 0 Å². The average molecular weight is 501 g/mol. The Morgan fingerprint density at radius 3 is 2.41 bits per heavy atom. The lowest BCUT2D eigenvalue weighted by Gasteiger charge is -2.12. The molecule has 0 aliphatic rings. The molecular formula is C20H26ClIN4O. The highest BCUT2D eigenvalue weighted by Crippen LogP contribution is 2.15. The number of hydrogen-bond donors (Lipinski definition) is 3. The third-order valence-corrected chi connectivity index (χ3v) is 4.06. The molecule has 2 rings (SSSR count). The summed E-state index contributed by atoms with van der Waals surface area (Å²) in [7, 11) is 0. The molecule has 0 saturated carbocycles. The van der Waals surface area contributed by atoms with E-state index >= 15 is 0 Å². The molecule has 2 aromatic rings. The maximum absolute atomic E-state index is 12.0. The molecular weight excluding hydrogens is 475 g/mol. The van der Waals surface area contributed by atoms with E-state index in [0.29, 0.717) is 37.0 Å². The highest BCUT2D eigenvalue weighted by Gasteiger charge is 2.04. The third kappa shape index (κ3) is 9.10. The highest BCUT2D eigenvalue weighted by atomic mass is 127. The van der Waals surface area contributed by atoms with E-state index < -0.39 is 0 Å². The second-order valence-electron chi connectivity index (χ2n) is 5.73. The van der Waals surface area contributed by atoms with Crippen molar-refractivity contribution in [2.75, 3.05) is 13.1 Å². The number of carbonyl (C=O) groups is 1. The molecule has 0 radical (unpaired) electrons. The van der Waals surface area contributed by atoms with Crippen molar-refractivity contribution in [1.82, 2.24) is 16.0 Å². The Bertz CT molecular complexity index is 725. The summed E-state index contributed by atoms with van der Waals surface area (Å²) in [5.41, 5.74) is 2.05. The maximum atomic E-state index is 12.0. The molecule has 5 nitrogen and oxygen atoms in total. The van der Waals surface area contributed by atoms with Crippen molar-refractivity contribution in [3.63, 3.8) is 0 Å². The summed E-state index contributed by atoms with van der Waals surface area (Å²) in [6.45, 7) is 4.28. The maximum Gasteiger partial charge on any atom is 0.222 e. The van der Waals surface area contributed by atoms with Crippen molar-refractivity contribution in [3.05, 3.63) is 70.7 Å². The largest absolute Gasteiger partial charge is 0.357 e. The fraction of sp³-hybridized carbons (Fsp3) is 0.300. The molecule has 0 saturated heterocycles. The molecule has 27 heavy (non-hydrogen) atoms. The van der Waals surface area contributed by atoms with E-state index in [-0.39, 0.29) is 29.9 Å². The minimum Gasteiger partial charge on any atom is -0.357 e. The number of benzene rings is 2. The first kappa shape index (κ1) is 23.2. The summed E-state index contributed by atoms with van der Waals surface area (Å²) in [5, 5.41) is 9.96. The van der Waals surface area contributed by atoms with Crippen LogP contribution in [0.2, 0.25) is 5.02 Å². The van der Waals surface area contributed by atoms with Gasteiger partial charge in [0, 0.05) is 31.1 Å². The van der Waals surface area contributed by atoms with Gasteiger partial charge in [-0.3, -0.25) is 4.79 Å². The zero-order valence-corrected chi connectivity index (χ0v) is 18.5. The van der Waals surface area contributed by atoms with Crippen molar-refractivity contribution in [2.24, 2.45) is 4.99 Å². The van der Waals surface area contributed by atoms with E-state index in [1.54, 1.807) is 0 Å². The van der Waals surface area contributed by atoms with Gasteiger partial charge in [0.25, 0.3) is 0 Å².